The van der Waals surface area contributed by atoms with Crippen LogP contribution < -0.4 is 10.5 Å². The van der Waals surface area contributed by atoms with Gasteiger partial charge in [0, 0.05) is 12.1 Å². The fourth-order valence-corrected chi connectivity index (χ4v) is 2.68. The molecule has 1 rings (SSSR count). The molecular formula is C14H22N2O3S. The molecule has 0 fully saturated rings. The molecule has 5 nitrogen and oxygen atoms in total. The van der Waals surface area contributed by atoms with Crippen molar-refractivity contribution >= 4 is 15.9 Å². The number of nitrogens with two attached hydrogens (primary N) is 1. The Morgan fingerprint density at radius 3 is 2.40 bits per heavy atom. The van der Waals surface area contributed by atoms with E-state index in [2.05, 4.69) is 5.32 Å². The quantitative estimate of drug-likeness (QED) is 0.867. The first kappa shape index (κ1) is 16.7. The molecule has 1 aromatic rings. The highest BCUT2D eigenvalue weighted by molar-refractivity contribution is 7.89. The molecule has 1 atom stereocenters. The molecule has 0 saturated heterocycles. The summed E-state index contributed by atoms with van der Waals surface area (Å²) in [6.45, 7) is 8.09. The molecule has 3 N–H and O–H groups in total. The third-order valence-corrected chi connectivity index (χ3v) is 4.43. The number of hydrogen-bond acceptors (Lipinski definition) is 3. The lowest BCUT2D eigenvalue weighted by molar-refractivity contribution is 0.0947. The molecule has 0 aliphatic carbocycles. The molecule has 0 aliphatic rings. The van der Waals surface area contributed by atoms with Gasteiger partial charge in [0.25, 0.3) is 5.91 Å². The first-order chi connectivity index (χ1) is 9.16. The Morgan fingerprint density at radius 2 is 1.90 bits per heavy atom. The predicted molar refractivity (Wildman–Crippen MR) is 79.1 cm³/mol. The van der Waals surface area contributed by atoms with E-state index in [1.807, 2.05) is 13.8 Å². The maximum atomic E-state index is 12.1. The summed E-state index contributed by atoms with van der Waals surface area (Å²) in [5, 5.41) is 7.97. The van der Waals surface area contributed by atoms with Crippen molar-refractivity contribution in [2.75, 3.05) is 6.54 Å². The number of hydrogen-bond donors (Lipinski definition) is 2. The van der Waals surface area contributed by atoms with Crippen molar-refractivity contribution in [3.63, 3.8) is 0 Å². The number of rotatable bonds is 5. The molecule has 0 aromatic heterocycles. The van der Waals surface area contributed by atoms with Crippen LogP contribution in [-0.2, 0) is 10.0 Å². The van der Waals surface area contributed by atoms with Gasteiger partial charge in [-0.05, 0) is 37.0 Å². The van der Waals surface area contributed by atoms with Crippen LogP contribution in [0, 0.1) is 19.8 Å². The number of carbonyl (C=O) groups excluding carboxylic acids is 1. The molecule has 20 heavy (non-hydrogen) atoms. The number of primary sulfonamides is 1. The van der Waals surface area contributed by atoms with Gasteiger partial charge in [-0.25, -0.2) is 13.6 Å². The lowest BCUT2D eigenvalue weighted by atomic mass is 10.0. The summed E-state index contributed by atoms with van der Waals surface area (Å²) in [5.74, 6) is 0.107. The predicted octanol–water partition coefficient (Wildman–Crippen LogP) is 1.73. The van der Waals surface area contributed by atoms with E-state index >= 15 is 0 Å². The number of carbonyl (C=O) groups is 1. The minimum absolute atomic E-state index is 0.00297. The minimum atomic E-state index is -3.82. The number of sulfonamides is 1. The summed E-state index contributed by atoms with van der Waals surface area (Å²) in [6.07, 6.45) is 0.968. The van der Waals surface area contributed by atoms with Crippen LogP contribution in [0.15, 0.2) is 17.0 Å². The SMILES string of the molecule is CCC(C)CNC(=O)c1cc(S(N)(=O)=O)c(C)cc1C. The van der Waals surface area contributed by atoms with Crippen molar-refractivity contribution in [3.8, 4) is 0 Å². The van der Waals surface area contributed by atoms with Crippen molar-refractivity contribution in [1.82, 2.24) is 5.32 Å². The van der Waals surface area contributed by atoms with Gasteiger partial charge in [-0.2, -0.15) is 0 Å². The second kappa shape index (κ2) is 6.37. The Morgan fingerprint density at radius 1 is 1.30 bits per heavy atom. The van der Waals surface area contributed by atoms with Gasteiger partial charge in [-0.1, -0.05) is 26.3 Å². The van der Waals surface area contributed by atoms with Crippen LogP contribution in [0.3, 0.4) is 0 Å². The summed E-state index contributed by atoms with van der Waals surface area (Å²) < 4.78 is 23.0. The van der Waals surface area contributed by atoms with Crippen LogP contribution in [-0.4, -0.2) is 20.9 Å². The van der Waals surface area contributed by atoms with Gasteiger partial charge in [-0.15, -0.1) is 0 Å². The smallest absolute Gasteiger partial charge is 0.251 e. The number of aryl methyl sites for hydroxylation is 2. The van der Waals surface area contributed by atoms with Gasteiger partial charge in [0.1, 0.15) is 0 Å². The molecule has 1 unspecified atom stereocenters. The highest BCUT2D eigenvalue weighted by Gasteiger charge is 2.17. The number of benzene rings is 1. The Labute approximate surface area is 120 Å². The zero-order chi connectivity index (χ0) is 15.5. The average Bonchev–Trinajstić information content (AvgIpc) is 2.33. The molecule has 0 saturated carbocycles. The third-order valence-electron chi connectivity index (χ3n) is 3.38. The molecule has 0 aliphatic heterocycles. The average molecular weight is 298 g/mol. The van der Waals surface area contributed by atoms with Crippen molar-refractivity contribution < 1.29 is 13.2 Å². The lowest BCUT2D eigenvalue weighted by Crippen LogP contribution is -2.29. The largest absolute Gasteiger partial charge is 0.352 e. The molecule has 112 valence electrons. The summed E-state index contributed by atoms with van der Waals surface area (Å²) in [4.78, 5) is 12.1. The van der Waals surface area contributed by atoms with Gasteiger partial charge in [0.05, 0.1) is 4.90 Å². The van der Waals surface area contributed by atoms with E-state index in [1.165, 1.54) is 6.07 Å². The van der Waals surface area contributed by atoms with Gasteiger partial charge in [-0.3, -0.25) is 4.79 Å². The lowest BCUT2D eigenvalue weighted by Gasteiger charge is -2.13. The molecule has 0 heterocycles. The van der Waals surface area contributed by atoms with E-state index in [4.69, 9.17) is 5.14 Å². The third kappa shape index (κ3) is 4.05. The summed E-state index contributed by atoms with van der Waals surface area (Å²) in [7, 11) is -3.82. The monoisotopic (exact) mass is 298 g/mol. The zero-order valence-corrected chi connectivity index (χ0v) is 13.2. The van der Waals surface area contributed by atoms with E-state index in [0.29, 0.717) is 23.6 Å². The van der Waals surface area contributed by atoms with E-state index in [-0.39, 0.29) is 10.8 Å². The number of amides is 1. The maximum Gasteiger partial charge on any atom is 0.251 e. The second-order valence-corrected chi connectivity index (χ2v) is 6.73. The Kier molecular flexibility index (Phi) is 5.30. The van der Waals surface area contributed by atoms with Gasteiger partial charge < -0.3 is 5.32 Å². The molecule has 1 aromatic carbocycles. The van der Waals surface area contributed by atoms with Crippen LogP contribution in [0.4, 0.5) is 0 Å². The van der Waals surface area contributed by atoms with Gasteiger partial charge >= 0.3 is 0 Å². The molecular weight excluding hydrogens is 276 g/mol. The molecule has 0 spiro atoms. The van der Waals surface area contributed by atoms with Crippen molar-refractivity contribution in [2.45, 2.75) is 39.0 Å². The normalized spacial score (nSPS) is 13.1. The summed E-state index contributed by atoms with van der Waals surface area (Å²) in [6, 6.07) is 3.02. The number of nitrogens with one attached hydrogen (secondary N) is 1. The van der Waals surface area contributed by atoms with Crippen molar-refractivity contribution in [3.05, 3.63) is 28.8 Å². The van der Waals surface area contributed by atoms with E-state index in [9.17, 15) is 13.2 Å². The topological polar surface area (TPSA) is 89.3 Å². The minimum Gasteiger partial charge on any atom is -0.352 e. The fourth-order valence-electron chi connectivity index (χ4n) is 1.89. The standard InChI is InChI=1S/C14H22N2O3S/c1-5-9(2)8-16-14(17)12-7-13(20(15,18)19)11(4)6-10(12)3/h6-7,9H,5,8H2,1-4H3,(H,16,17)(H2,15,18,19). The Hall–Kier alpha value is -1.40. The van der Waals surface area contributed by atoms with Crippen LogP contribution in [0.2, 0.25) is 0 Å². The van der Waals surface area contributed by atoms with E-state index in [1.54, 1.807) is 19.9 Å². The Balaban J connectivity index is 3.10. The van der Waals surface area contributed by atoms with Crippen molar-refractivity contribution in [2.24, 2.45) is 11.1 Å². The maximum absolute atomic E-state index is 12.1. The first-order valence-electron chi connectivity index (χ1n) is 6.59. The second-order valence-electron chi connectivity index (χ2n) is 5.20. The summed E-state index contributed by atoms with van der Waals surface area (Å²) in [5.41, 5.74) is 1.63. The van der Waals surface area contributed by atoms with Crippen molar-refractivity contribution in [1.29, 1.82) is 0 Å². The molecule has 6 heteroatoms. The van der Waals surface area contributed by atoms with Crippen LogP contribution in [0.25, 0.3) is 0 Å². The highest BCUT2D eigenvalue weighted by atomic mass is 32.2. The molecule has 0 bridgehead atoms. The molecule has 1 amide bonds. The van der Waals surface area contributed by atoms with E-state index < -0.39 is 10.0 Å². The Bertz CT molecular complexity index is 609. The van der Waals surface area contributed by atoms with Crippen LogP contribution in [0.1, 0.15) is 41.8 Å². The highest BCUT2D eigenvalue weighted by Crippen LogP contribution is 2.19. The van der Waals surface area contributed by atoms with Crippen LogP contribution >= 0.6 is 0 Å². The first-order valence-corrected chi connectivity index (χ1v) is 8.13. The summed E-state index contributed by atoms with van der Waals surface area (Å²) >= 11 is 0. The van der Waals surface area contributed by atoms with E-state index in [0.717, 1.165) is 12.0 Å². The zero-order valence-electron chi connectivity index (χ0n) is 12.4. The van der Waals surface area contributed by atoms with Gasteiger partial charge in [0.15, 0.2) is 0 Å². The molecule has 0 radical (unpaired) electrons. The fraction of sp³-hybridized carbons (Fsp3) is 0.500. The van der Waals surface area contributed by atoms with Gasteiger partial charge in [0.2, 0.25) is 10.0 Å². The van der Waals surface area contributed by atoms with Crippen LogP contribution in [0.5, 0.6) is 0 Å².